The molecule has 0 saturated heterocycles. The second kappa shape index (κ2) is 4.81. The number of methoxy groups -OCH3 is 1. The van der Waals surface area contributed by atoms with Gasteiger partial charge < -0.3 is 10.5 Å². The standard InChI is InChI=1S/C12H19N5O/c1-5-17-9(6-8(2)15-17)11(13)12-10(18-4)7-14-16(12)3/h6-7,11H,5,13H2,1-4H3. The maximum atomic E-state index is 6.33. The zero-order chi connectivity index (χ0) is 13.3. The van der Waals surface area contributed by atoms with Gasteiger partial charge in [-0.25, -0.2) is 0 Å². The van der Waals surface area contributed by atoms with E-state index in [0.29, 0.717) is 5.75 Å². The number of nitrogens with two attached hydrogens (primary N) is 1. The fraction of sp³-hybridized carbons (Fsp3) is 0.500. The van der Waals surface area contributed by atoms with Crippen LogP contribution >= 0.6 is 0 Å². The van der Waals surface area contributed by atoms with Gasteiger partial charge in [0, 0.05) is 13.6 Å². The smallest absolute Gasteiger partial charge is 0.161 e. The van der Waals surface area contributed by atoms with Gasteiger partial charge in [0.05, 0.1) is 30.7 Å². The minimum Gasteiger partial charge on any atom is -0.493 e. The largest absolute Gasteiger partial charge is 0.493 e. The van der Waals surface area contributed by atoms with Gasteiger partial charge in [0.25, 0.3) is 0 Å². The Bertz CT molecular complexity index is 543. The van der Waals surface area contributed by atoms with Gasteiger partial charge in [-0.3, -0.25) is 9.36 Å². The van der Waals surface area contributed by atoms with Crippen LogP contribution in [0.15, 0.2) is 12.3 Å². The Morgan fingerprint density at radius 2 is 2.22 bits per heavy atom. The molecule has 2 aromatic heterocycles. The van der Waals surface area contributed by atoms with Gasteiger partial charge in [-0.1, -0.05) is 0 Å². The van der Waals surface area contributed by atoms with Crippen molar-refractivity contribution in [2.24, 2.45) is 12.8 Å². The van der Waals surface area contributed by atoms with Crippen LogP contribution in [0.5, 0.6) is 5.75 Å². The zero-order valence-corrected chi connectivity index (χ0v) is 11.2. The monoisotopic (exact) mass is 249 g/mol. The normalized spacial score (nSPS) is 12.7. The maximum Gasteiger partial charge on any atom is 0.161 e. The molecular formula is C12H19N5O. The summed E-state index contributed by atoms with van der Waals surface area (Å²) in [7, 11) is 3.48. The fourth-order valence-electron chi connectivity index (χ4n) is 2.15. The van der Waals surface area contributed by atoms with E-state index in [-0.39, 0.29) is 6.04 Å². The highest BCUT2D eigenvalue weighted by atomic mass is 16.5. The van der Waals surface area contributed by atoms with Gasteiger partial charge in [-0.15, -0.1) is 0 Å². The molecule has 0 aliphatic rings. The quantitative estimate of drug-likeness (QED) is 0.877. The average molecular weight is 249 g/mol. The number of hydrogen-bond donors (Lipinski definition) is 1. The molecule has 2 rings (SSSR count). The summed E-state index contributed by atoms with van der Waals surface area (Å²) in [4.78, 5) is 0. The Hall–Kier alpha value is -1.82. The third kappa shape index (κ3) is 1.99. The van der Waals surface area contributed by atoms with Gasteiger partial charge in [0.2, 0.25) is 0 Å². The Labute approximate surface area is 106 Å². The van der Waals surface area contributed by atoms with Crippen LogP contribution in [0.3, 0.4) is 0 Å². The molecule has 0 amide bonds. The molecule has 2 heterocycles. The van der Waals surface area contributed by atoms with Gasteiger partial charge in [0.1, 0.15) is 5.69 Å². The summed E-state index contributed by atoms with van der Waals surface area (Å²) in [5, 5.41) is 8.59. The summed E-state index contributed by atoms with van der Waals surface area (Å²) in [6.07, 6.45) is 1.68. The fourth-order valence-corrected chi connectivity index (χ4v) is 2.15. The average Bonchev–Trinajstić information content (AvgIpc) is 2.91. The number of aryl methyl sites for hydroxylation is 3. The van der Waals surface area contributed by atoms with Crippen molar-refractivity contribution in [3.63, 3.8) is 0 Å². The molecule has 6 nitrogen and oxygen atoms in total. The molecule has 1 atom stereocenters. The lowest BCUT2D eigenvalue weighted by atomic mass is 10.1. The van der Waals surface area contributed by atoms with Gasteiger partial charge in [0.15, 0.2) is 5.75 Å². The number of aromatic nitrogens is 4. The Balaban J connectivity index is 2.46. The molecule has 0 bridgehead atoms. The summed E-state index contributed by atoms with van der Waals surface area (Å²) < 4.78 is 8.95. The van der Waals surface area contributed by atoms with Crippen LogP contribution < -0.4 is 10.5 Å². The molecule has 1 unspecified atom stereocenters. The summed E-state index contributed by atoms with van der Waals surface area (Å²) >= 11 is 0. The molecule has 18 heavy (non-hydrogen) atoms. The number of nitrogens with zero attached hydrogens (tertiary/aromatic N) is 4. The molecule has 0 spiro atoms. The first-order chi connectivity index (χ1) is 8.58. The van der Waals surface area contributed by atoms with E-state index < -0.39 is 0 Å². The third-order valence-electron chi connectivity index (χ3n) is 3.02. The number of ether oxygens (including phenoxy) is 1. The van der Waals surface area contributed by atoms with Crippen LogP contribution in [0.25, 0.3) is 0 Å². The van der Waals surface area contributed by atoms with Crippen molar-refractivity contribution in [2.45, 2.75) is 26.4 Å². The zero-order valence-electron chi connectivity index (χ0n) is 11.2. The van der Waals surface area contributed by atoms with E-state index in [2.05, 4.69) is 10.2 Å². The molecule has 0 radical (unpaired) electrons. The predicted molar refractivity (Wildman–Crippen MR) is 68.4 cm³/mol. The van der Waals surface area contributed by atoms with E-state index in [9.17, 15) is 0 Å². The molecule has 2 aromatic rings. The van der Waals surface area contributed by atoms with Crippen molar-refractivity contribution in [2.75, 3.05) is 7.11 Å². The minimum absolute atomic E-state index is 0.298. The highest BCUT2D eigenvalue weighted by Gasteiger charge is 2.22. The predicted octanol–water partition coefficient (Wildman–Crippen LogP) is 1.00. The Morgan fingerprint density at radius 1 is 1.50 bits per heavy atom. The first-order valence-corrected chi connectivity index (χ1v) is 5.94. The van der Waals surface area contributed by atoms with E-state index in [0.717, 1.165) is 23.6 Å². The molecule has 0 aliphatic carbocycles. The van der Waals surface area contributed by atoms with Crippen molar-refractivity contribution >= 4 is 0 Å². The molecule has 0 aromatic carbocycles. The van der Waals surface area contributed by atoms with E-state index >= 15 is 0 Å². The topological polar surface area (TPSA) is 70.9 Å². The van der Waals surface area contributed by atoms with Crippen molar-refractivity contribution in [1.29, 1.82) is 0 Å². The van der Waals surface area contributed by atoms with Crippen LogP contribution in [0.1, 0.15) is 30.0 Å². The number of hydrogen-bond acceptors (Lipinski definition) is 4. The van der Waals surface area contributed by atoms with E-state index in [1.165, 1.54) is 0 Å². The lowest BCUT2D eigenvalue weighted by Gasteiger charge is -2.15. The van der Waals surface area contributed by atoms with Crippen molar-refractivity contribution in [3.8, 4) is 5.75 Å². The first kappa shape index (κ1) is 12.6. The molecule has 0 aliphatic heterocycles. The van der Waals surface area contributed by atoms with Crippen LogP contribution in [0, 0.1) is 6.92 Å². The van der Waals surface area contributed by atoms with Crippen LogP contribution in [0.4, 0.5) is 0 Å². The summed E-state index contributed by atoms with van der Waals surface area (Å²) in [6, 6.07) is 1.70. The first-order valence-electron chi connectivity index (χ1n) is 5.94. The molecule has 0 saturated carbocycles. The van der Waals surface area contributed by atoms with Gasteiger partial charge >= 0.3 is 0 Å². The highest BCUT2D eigenvalue weighted by Crippen LogP contribution is 2.27. The third-order valence-corrected chi connectivity index (χ3v) is 3.02. The molecule has 6 heteroatoms. The van der Waals surface area contributed by atoms with E-state index in [4.69, 9.17) is 10.5 Å². The maximum absolute atomic E-state index is 6.33. The molecule has 98 valence electrons. The lowest BCUT2D eigenvalue weighted by Crippen LogP contribution is -2.20. The summed E-state index contributed by atoms with van der Waals surface area (Å²) in [6.45, 7) is 4.79. The Morgan fingerprint density at radius 3 is 2.83 bits per heavy atom. The van der Waals surface area contributed by atoms with Crippen molar-refractivity contribution in [1.82, 2.24) is 19.6 Å². The van der Waals surface area contributed by atoms with Crippen molar-refractivity contribution in [3.05, 3.63) is 29.3 Å². The SMILES string of the molecule is CCn1nc(C)cc1C(N)c1c(OC)cnn1C. The van der Waals surface area contributed by atoms with Crippen LogP contribution in [-0.2, 0) is 13.6 Å². The van der Waals surface area contributed by atoms with Crippen molar-refractivity contribution < 1.29 is 4.74 Å². The second-order valence-corrected chi connectivity index (χ2v) is 4.23. The number of rotatable bonds is 4. The minimum atomic E-state index is -0.298. The summed E-state index contributed by atoms with van der Waals surface area (Å²) in [5.74, 6) is 0.700. The highest BCUT2D eigenvalue weighted by molar-refractivity contribution is 5.34. The molecule has 2 N–H and O–H groups in total. The van der Waals surface area contributed by atoms with Gasteiger partial charge in [-0.05, 0) is 19.9 Å². The van der Waals surface area contributed by atoms with Gasteiger partial charge in [-0.2, -0.15) is 10.2 Å². The van der Waals surface area contributed by atoms with Crippen LogP contribution in [-0.4, -0.2) is 26.7 Å². The molecular weight excluding hydrogens is 230 g/mol. The molecule has 0 fully saturated rings. The second-order valence-electron chi connectivity index (χ2n) is 4.23. The van der Waals surface area contributed by atoms with E-state index in [1.807, 2.05) is 31.6 Å². The van der Waals surface area contributed by atoms with E-state index in [1.54, 1.807) is 18.0 Å². The summed E-state index contributed by atoms with van der Waals surface area (Å²) in [5.41, 5.74) is 9.11. The van der Waals surface area contributed by atoms with Crippen LogP contribution in [0.2, 0.25) is 0 Å². The lowest BCUT2D eigenvalue weighted by molar-refractivity contribution is 0.404. The Kier molecular flexibility index (Phi) is 3.38.